The number of carbonyl (C=O) groups excluding carboxylic acids is 1. The fraction of sp³-hybridized carbons (Fsp3) is 0.0769. The first-order valence-corrected chi connectivity index (χ1v) is 8.07. The number of ether oxygens (including phenoxy) is 1. The van der Waals surface area contributed by atoms with E-state index in [-0.39, 0.29) is 16.6 Å². The van der Waals surface area contributed by atoms with Crippen molar-refractivity contribution in [2.45, 2.75) is 4.90 Å². The highest BCUT2D eigenvalue weighted by Gasteiger charge is 2.17. The highest BCUT2D eigenvalue weighted by atomic mass is 35.7. The molecule has 8 heteroatoms. The molecule has 6 nitrogen and oxygen atoms in total. The Morgan fingerprint density at radius 2 is 1.90 bits per heavy atom. The first-order chi connectivity index (χ1) is 9.91. The number of carbonyl (C=O) groups is 1. The van der Waals surface area contributed by atoms with Gasteiger partial charge in [-0.15, -0.1) is 0 Å². The molecule has 2 rings (SSSR count). The van der Waals surface area contributed by atoms with E-state index in [1.807, 2.05) is 0 Å². The van der Waals surface area contributed by atoms with E-state index >= 15 is 0 Å². The van der Waals surface area contributed by atoms with Crippen molar-refractivity contribution in [1.82, 2.24) is 4.98 Å². The Morgan fingerprint density at radius 1 is 1.24 bits per heavy atom. The standard InChI is InChI=1S/C13H11ClN2O4S/c1-20-11-8-10(2-3-12(11)21(14,18)19)16-13(17)9-4-6-15-7-5-9/h2-8H,1H3,(H,16,17). The molecule has 0 fully saturated rings. The van der Waals surface area contributed by atoms with Crippen LogP contribution in [-0.4, -0.2) is 26.4 Å². The van der Waals surface area contributed by atoms with Crippen LogP contribution in [0.4, 0.5) is 5.69 Å². The number of nitrogens with zero attached hydrogens (tertiary/aromatic N) is 1. The number of halogens is 1. The van der Waals surface area contributed by atoms with Crippen molar-refractivity contribution in [3.8, 4) is 5.75 Å². The normalized spacial score (nSPS) is 11.0. The summed E-state index contributed by atoms with van der Waals surface area (Å²) in [4.78, 5) is 15.6. The molecule has 1 aromatic carbocycles. The van der Waals surface area contributed by atoms with E-state index in [1.165, 1.54) is 37.7 Å². The van der Waals surface area contributed by atoms with Gasteiger partial charge in [-0.2, -0.15) is 0 Å². The van der Waals surface area contributed by atoms with Crippen LogP contribution in [0.5, 0.6) is 5.75 Å². The molecule has 21 heavy (non-hydrogen) atoms. The first-order valence-electron chi connectivity index (χ1n) is 5.76. The van der Waals surface area contributed by atoms with E-state index in [9.17, 15) is 13.2 Å². The fourth-order valence-corrected chi connectivity index (χ4v) is 2.65. The van der Waals surface area contributed by atoms with Gasteiger partial charge in [-0.25, -0.2) is 8.42 Å². The minimum atomic E-state index is -3.92. The van der Waals surface area contributed by atoms with Crippen LogP contribution >= 0.6 is 10.7 Å². The van der Waals surface area contributed by atoms with E-state index in [2.05, 4.69) is 10.3 Å². The molecule has 0 radical (unpaired) electrons. The molecule has 1 heterocycles. The van der Waals surface area contributed by atoms with Crippen LogP contribution in [0.2, 0.25) is 0 Å². The molecule has 0 aliphatic rings. The number of pyridine rings is 1. The Labute approximate surface area is 126 Å². The van der Waals surface area contributed by atoms with E-state index in [0.717, 1.165) is 0 Å². The molecule has 0 aliphatic heterocycles. The summed E-state index contributed by atoms with van der Waals surface area (Å²) in [6.45, 7) is 0. The average Bonchev–Trinajstić information content (AvgIpc) is 2.46. The van der Waals surface area contributed by atoms with Gasteiger partial charge in [0.25, 0.3) is 15.0 Å². The summed E-state index contributed by atoms with van der Waals surface area (Å²) in [5.74, 6) is -0.293. The van der Waals surface area contributed by atoms with E-state index in [1.54, 1.807) is 12.1 Å². The number of benzene rings is 1. The molecule has 1 N–H and O–H groups in total. The molecular formula is C13H11ClN2O4S. The topological polar surface area (TPSA) is 85.4 Å². The minimum Gasteiger partial charge on any atom is -0.495 e. The number of rotatable bonds is 4. The van der Waals surface area contributed by atoms with Gasteiger partial charge in [0.1, 0.15) is 10.6 Å². The average molecular weight is 327 g/mol. The zero-order valence-electron chi connectivity index (χ0n) is 10.9. The first kappa shape index (κ1) is 15.3. The van der Waals surface area contributed by atoms with Crippen molar-refractivity contribution in [3.63, 3.8) is 0 Å². The Kier molecular flexibility index (Phi) is 4.44. The zero-order valence-corrected chi connectivity index (χ0v) is 12.5. The van der Waals surface area contributed by atoms with Crippen molar-refractivity contribution in [1.29, 1.82) is 0 Å². The van der Waals surface area contributed by atoms with Crippen LogP contribution in [0.3, 0.4) is 0 Å². The molecule has 110 valence electrons. The lowest BCUT2D eigenvalue weighted by Gasteiger charge is -2.09. The van der Waals surface area contributed by atoms with Crippen LogP contribution < -0.4 is 10.1 Å². The smallest absolute Gasteiger partial charge is 0.264 e. The Hall–Kier alpha value is -2.12. The quantitative estimate of drug-likeness (QED) is 0.871. The van der Waals surface area contributed by atoms with Gasteiger partial charge in [-0.3, -0.25) is 9.78 Å². The summed E-state index contributed by atoms with van der Waals surface area (Å²) in [6.07, 6.45) is 3.00. The van der Waals surface area contributed by atoms with Crippen molar-refractivity contribution in [2.75, 3.05) is 12.4 Å². The number of anilines is 1. The van der Waals surface area contributed by atoms with Gasteiger partial charge in [0, 0.05) is 40.4 Å². The Morgan fingerprint density at radius 3 is 2.48 bits per heavy atom. The lowest BCUT2D eigenvalue weighted by Crippen LogP contribution is -2.12. The minimum absolute atomic E-state index is 0.0533. The van der Waals surface area contributed by atoms with Crippen molar-refractivity contribution >= 4 is 31.3 Å². The molecule has 0 saturated heterocycles. The molecule has 0 atom stereocenters. The second kappa shape index (κ2) is 6.11. The second-order valence-electron chi connectivity index (χ2n) is 3.99. The number of aromatic nitrogens is 1. The van der Waals surface area contributed by atoms with Gasteiger partial charge in [0.2, 0.25) is 0 Å². The molecule has 0 unspecified atom stereocenters. The Bertz CT molecular complexity index is 763. The summed E-state index contributed by atoms with van der Waals surface area (Å²) >= 11 is 0. The number of hydrogen-bond donors (Lipinski definition) is 1. The number of amides is 1. The van der Waals surface area contributed by atoms with Gasteiger partial charge in [0.05, 0.1) is 7.11 Å². The third-order valence-corrected chi connectivity index (χ3v) is 3.99. The van der Waals surface area contributed by atoms with Gasteiger partial charge in [0.15, 0.2) is 0 Å². The van der Waals surface area contributed by atoms with Crippen LogP contribution in [0.1, 0.15) is 10.4 Å². The lowest BCUT2D eigenvalue weighted by atomic mass is 10.2. The molecule has 2 aromatic rings. The molecule has 0 bridgehead atoms. The summed E-state index contributed by atoms with van der Waals surface area (Å²) < 4.78 is 27.7. The van der Waals surface area contributed by atoms with Crippen LogP contribution in [-0.2, 0) is 9.05 Å². The number of hydrogen-bond acceptors (Lipinski definition) is 5. The molecule has 0 aliphatic carbocycles. The van der Waals surface area contributed by atoms with E-state index < -0.39 is 9.05 Å². The van der Waals surface area contributed by atoms with Crippen LogP contribution in [0, 0.1) is 0 Å². The maximum absolute atomic E-state index is 12.0. The van der Waals surface area contributed by atoms with Gasteiger partial charge in [-0.1, -0.05) is 0 Å². The van der Waals surface area contributed by atoms with Gasteiger partial charge >= 0.3 is 0 Å². The maximum atomic E-state index is 12.0. The van der Waals surface area contributed by atoms with E-state index in [4.69, 9.17) is 15.4 Å². The molecule has 1 aromatic heterocycles. The van der Waals surface area contributed by atoms with E-state index in [0.29, 0.717) is 11.3 Å². The monoisotopic (exact) mass is 326 g/mol. The molecule has 0 spiro atoms. The summed E-state index contributed by atoms with van der Waals surface area (Å²) in [5, 5.41) is 2.63. The third kappa shape index (κ3) is 3.71. The highest BCUT2D eigenvalue weighted by Crippen LogP contribution is 2.29. The summed E-state index contributed by atoms with van der Waals surface area (Å²) in [6, 6.07) is 7.20. The number of nitrogens with one attached hydrogen (secondary N) is 1. The molecular weight excluding hydrogens is 316 g/mol. The summed E-state index contributed by atoms with van der Waals surface area (Å²) in [5.41, 5.74) is 0.815. The van der Waals surface area contributed by atoms with Gasteiger partial charge < -0.3 is 10.1 Å². The second-order valence-corrected chi connectivity index (χ2v) is 6.53. The van der Waals surface area contributed by atoms with Crippen LogP contribution in [0.25, 0.3) is 0 Å². The third-order valence-electron chi connectivity index (χ3n) is 2.63. The zero-order chi connectivity index (χ0) is 15.5. The lowest BCUT2D eigenvalue weighted by molar-refractivity contribution is 0.102. The molecule has 1 amide bonds. The van der Waals surface area contributed by atoms with Crippen molar-refractivity contribution < 1.29 is 17.9 Å². The predicted molar refractivity (Wildman–Crippen MR) is 78.2 cm³/mol. The van der Waals surface area contributed by atoms with Crippen molar-refractivity contribution in [3.05, 3.63) is 48.3 Å². The number of methoxy groups -OCH3 is 1. The fourth-order valence-electron chi connectivity index (χ4n) is 1.65. The highest BCUT2D eigenvalue weighted by molar-refractivity contribution is 8.13. The van der Waals surface area contributed by atoms with Gasteiger partial charge in [-0.05, 0) is 24.3 Å². The maximum Gasteiger partial charge on any atom is 0.264 e. The SMILES string of the molecule is COc1cc(NC(=O)c2ccncc2)ccc1S(=O)(=O)Cl. The summed E-state index contributed by atoms with van der Waals surface area (Å²) in [7, 11) is 2.69. The largest absolute Gasteiger partial charge is 0.495 e. The molecule has 0 saturated carbocycles. The van der Waals surface area contributed by atoms with Crippen molar-refractivity contribution in [2.24, 2.45) is 0 Å². The Balaban J connectivity index is 2.28. The predicted octanol–water partition coefficient (Wildman–Crippen LogP) is 2.27. The van der Waals surface area contributed by atoms with Crippen LogP contribution in [0.15, 0.2) is 47.6 Å².